The second-order valence-corrected chi connectivity index (χ2v) is 6.06. The van der Waals surface area contributed by atoms with Gasteiger partial charge in [-0.15, -0.1) is 0 Å². The van der Waals surface area contributed by atoms with E-state index in [0.717, 1.165) is 6.07 Å². The first-order valence-electron chi connectivity index (χ1n) is 7.65. The summed E-state index contributed by atoms with van der Waals surface area (Å²) in [5.41, 5.74) is 0.122. The maximum atomic E-state index is 14.7. The van der Waals surface area contributed by atoms with Gasteiger partial charge in [0.15, 0.2) is 11.6 Å². The van der Waals surface area contributed by atoms with E-state index in [1.807, 2.05) is 0 Å². The number of rotatable bonds is 4. The molecule has 6 nitrogen and oxygen atoms in total. The van der Waals surface area contributed by atoms with Gasteiger partial charge in [-0.2, -0.15) is 4.39 Å². The minimum atomic E-state index is -1.21. The van der Waals surface area contributed by atoms with Gasteiger partial charge in [0, 0.05) is 12.5 Å². The SMILES string of the molecule is COc1c(Cl)ccc([C@H]2CNC(=O)[C@@H]2C(=O)Nc2cccc(F)n2)c1F. The number of benzene rings is 1. The minimum Gasteiger partial charge on any atom is -0.492 e. The molecule has 0 unspecified atom stereocenters. The molecule has 2 amide bonds. The molecule has 2 N–H and O–H groups in total. The van der Waals surface area contributed by atoms with Gasteiger partial charge in [-0.25, -0.2) is 9.37 Å². The molecule has 1 aliphatic rings. The third-order valence-electron chi connectivity index (χ3n) is 4.11. The fourth-order valence-electron chi connectivity index (χ4n) is 2.92. The van der Waals surface area contributed by atoms with Gasteiger partial charge in [0.25, 0.3) is 0 Å². The van der Waals surface area contributed by atoms with Gasteiger partial charge < -0.3 is 15.4 Å². The number of halogens is 3. The molecule has 3 rings (SSSR count). The molecular weight excluding hydrogens is 368 g/mol. The van der Waals surface area contributed by atoms with Crippen LogP contribution in [0, 0.1) is 17.7 Å². The van der Waals surface area contributed by atoms with Crippen molar-refractivity contribution in [2.75, 3.05) is 19.0 Å². The normalized spacial score (nSPS) is 19.2. The van der Waals surface area contributed by atoms with Crippen LogP contribution in [-0.4, -0.2) is 30.5 Å². The van der Waals surface area contributed by atoms with Crippen LogP contribution in [-0.2, 0) is 9.59 Å². The summed E-state index contributed by atoms with van der Waals surface area (Å²) in [4.78, 5) is 28.2. The highest BCUT2D eigenvalue weighted by Gasteiger charge is 2.42. The predicted octanol–water partition coefficient (Wildman–Crippen LogP) is 2.49. The summed E-state index contributed by atoms with van der Waals surface area (Å²) in [6, 6.07) is 6.72. The van der Waals surface area contributed by atoms with E-state index in [4.69, 9.17) is 16.3 Å². The molecule has 0 bridgehead atoms. The lowest BCUT2D eigenvalue weighted by atomic mass is 9.87. The topological polar surface area (TPSA) is 80.3 Å². The third-order valence-corrected chi connectivity index (χ3v) is 4.41. The Morgan fingerprint density at radius 2 is 2.12 bits per heavy atom. The largest absolute Gasteiger partial charge is 0.492 e. The fraction of sp³-hybridized carbons (Fsp3) is 0.235. The van der Waals surface area contributed by atoms with Crippen molar-refractivity contribution in [2.45, 2.75) is 5.92 Å². The molecular formula is C17H14ClF2N3O3. The summed E-state index contributed by atoms with van der Waals surface area (Å²) in [5.74, 6) is -4.96. The van der Waals surface area contributed by atoms with Crippen LogP contribution in [0.15, 0.2) is 30.3 Å². The maximum Gasteiger partial charge on any atom is 0.238 e. The zero-order valence-electron chi connectivity index (χ0n) is 13.6. The van der Waals surface area contributed by atoms with Gasteiger partial charge in [-0.1, -0.05) is 23.7 Å². The summed E-state index contributed by atoms with van der Waals surface area (Å²) in [5, 5.41) is 5.00. The summed E-state index contributed by atoms with van der Waals surface area (Å²) < 4.78 is 32.8. The molecule has 1 aliphatic heterocycles. The standard InChI is InChI=1S/C17H14ClF2N3O3/c1-26-15-10(18)6-5-8(14(15)20)9-7-21-16(24)13(9)17(25)23-12-4-2-3-11(19)22-12/h2-6,9,13H,7H2,1H3,(H,21,24)(H,22,23,25)/t9-,13-/m1/s1. The molecule has 0 radical (unpaired) electrons. The van der Waals surface area contributed by atoms with Gasteiger partial charge in [-0.05, 0) is 23.8 Å². The minimum absolute atomic E-state index is 0.0393. The van der Waals surface area contributed by atoms with Gasteiger partial charge in [0.1, 0.15) is 11.7 Å². The van der Waals surface area contributed by atoms with Crippen LogP contribution >= 0.6 is 11.6 Å². The van der Waals surface area contributed by atoms with E-state index in [1.165, 1.54) is 31.4 Å². The molecule has 0 spiro atoms. The lowest BCUT2D eigenvalue weighted by Crippen LogP contribution is -2.32. The smallest absolute Gasteiger partial charge is 0.238 e. The highest BCUT2D eigenvalue weighted by Crippen LogP contribution is 2.37. The van der Waals surface area contributed by atoms with Crippen molar-refractivity contribution in [1.82, 2.24) is 10.3 Å². The highest BCUT2D eigenvalue weighted by atomic mass is 35.5. The molecule has 26 heavy (non-hydrogen) atoms. The number of carbonyl (C=O) groups excluding carboxylic acids is 2. The fourth-order valence-corrected chi connectivity index (χ4v) is 3.14. The first kappa shape index (κ1) is 18.1. The number of carbonyl (C=O) groups is 2. The lowest BCUT2D eigenvalue weighted by molar-refractivity contribution is -0.130. The zero-order valence-corrected chi connectivity index (χ0v) is 14.3. The average Bonchev–Trinajstić information content (AvgIpc) is 2.97. The average molecular weight is 382 g/mol. The second-order valence-electron chi connectivity index (χ2n) is 5.65. The number of amides is 2. The molecule has 0 aliphatic carbocycles. The maximum absolute atomic E-state index is 14.7. The molecule has 2 atom stereocenters. The number of hydrogen-bond donors (Lipinski definition) is 2. The van der Waals surface area contributed by atoms with Crippen LogP contribution in [0.25, 0.3) is 0 Å². The Hall–Kier alpha value is -2.74. The van der Waals surface area contributed by atoms with E-state index < -0.39 is 35.4 Å². The second kappa shape index (κ2) is 7.25. The van der Waals surface area contributed by atoms with Gasteiger partial charge in [-0.3, -0.25) is 9.59 Å². The number of pyridine rings is 1. The summed E-state index contributed by atoms with van der Waals surface area (Å²) in [6.07, 6.45) is 0. The third kappa shape index (κ3) is 3.32. The molecule has 9 heteroatoms. The molecule has 1 saturated heterocycles. The van der Waals surface area contributed by atoms with Crippen LogP contribution in [0.5, 0.6) is 5.75 Å². The number of hydrogen-bond acceptors (Lipinski definition) is 4. The predicted molar refractivity (Wildman–Crippen MR) is 90.0 cm³/mol. The van der Waals surface area contributed by atoms with E-state index >= 15 is 0 Å². The van der Waals surface area contributed by atoms with E-state index in [2.05, 4.69) is 15.6 Å². The Morgan fingerprint density at radius 1 is 1.35 bits per heavy atom. The van der Waals surface area contributed by atoms with Gasteiger partial charge in [0.2, 0.25) is 17.8 Å². The van der Waals surface area contributed by atoms with E-state index in [1.54, 1.807) is 0 Å². The molecule has 1 fully saturated rings. The molecule has 1 aromatic carbocycles. The number of methoxy groups -OCH3 is 1. The van der Waals surface area contributed by atoms with Crippen molar-refractivity contribution < 1.29 is 23.1 Å². The van der Waals surface area contributed by atoms with Crippen LogP contribution < -0.4 is 15.4 Å². The number of nitrogens with zero attached hydrogens (tertiary/aromatic N) is 1. The molecule has 2 heterocycles. The summed E-state index contributed by atoms with van der Waals surface area (Å²) in [7, 11) is 1.27. The van der Waals surface area contributed by atoms with E-state index in [0.29, 0.717) is 0 Å². The van der Waals surface area contributed by atoms with Crippen molar-refractivity contribution >= 4 is 29.2 Å². The quantitative estimate of drug-likeness (QED) is 0.630. The van der Waals surface area contributed by atoms with Crippen LogP contribution in [0.2, 0.25) is 5.02 Å². The first-order valence-corrected chi connectivity index (χ1v) is 8.03. The van der Waals surface area contributed by atoms with Gasteiger partial charge in [0.05, 0.1) is 12.1 Å². The van der Waals surface area contributed by atoms with Crippen LogP contribution in [0.4, 0.5) is 14.6 Å². The number of ether oxygens (including phenoxy) is 1. The Kier molecular flexibility index (Phi) is 5.03. The van der Waals surface area contributed by atoms with Crippen LogP contribution in [0.1, 0.15) is 11.5 Å². The Balaban J connectivity index is 1.91. The van der Waals surface area contributed by atoms with E-state index in [-0.39, 0.29) is 28.7 Å². The number of nitrogens with one attached hydrogen (secondary N) is 2. The summed E-state index contributed by atoms with van der Waals surface area (Å²) in [6.45, 7) is 0.0647. The Bertz CT molecular complexity index is 878. The monoisotopic (exact) mass is 381 g/mol. The summed E-state index contributed by atoms with van der Waals surface area (Å²) >= 11 is 5.89. The van der Waals surface area contributed by atoms with Crippen molar-refractivity contribution in [3.8, 4) is 5.75 Å². The van der Waals surface area contributed by atoms with Crippen LogP contribution in [0.3, 0.4) is 0 Å². The van der Waals surface area contributed by atoms with Crippen molar-refractivity contribution in [3.05, 3.63) is 52.7 Å². The van der Waals surface area contributed by atoms with E-state index in [9.17, 15) is 18.4 Å². The Morgan fingerprint density at radius 3 is 2.81 bits per heavy atom. The molecule has 1 aromatic heterocycles. The molecule has 2 aromatic rings. The van der Waals surface area contributed by atoms with Crippen molar-refractivity contribution in [3.63, 3.8) is 0 Å². The number of anilines is 1. The van der Waals surface area contributed by atoms with Crippen molar-refractivity contribution in [2.24, 2.45) is 5.92 Å². The molecule has 136 valence electrons. The Labute approximate surface area is 152 Å². The highest BCUT2D eigenvalue weighted by molar-refractivity contribution is 6.32. The zero-order chi connectivity index (χ0) is 18.8. The number of aromatic nitrogens is 1. The first-order chi connectivity index (χ1) is 12.4. The lowest BCUT2D eigenvalue weighted by Gasteiger charge is -2.18. The van der Waals surface area contributed by atoms with Crippen molar-refractivity contribution in [1.29, 1.82) is 0 Å². The van der Waals surface area contributed by atoms with Gasteiger partial charge >= 0.3 is 0 Å². The molecule has 0 saturated carbocycles.